The Kier molecular flexibility index (Phi) is 0.601. The molecule has 2 aliphatic rings. The molecule has 0 amide bonds. The Hall–Kier alpha value is -0.740. The Balaban J connectivity index is 2.31. The van der Waals surface area contributed by atoms with Crippen molar-refractivity contribution in [3.05, 3.63) is 11.6 Å². The third kappa shape index (κ3) is 0.320. The van der Waals surface area contributed by atoms with E-state index in [1.807, 2.05) is 6.08 Å². The van der Waals surface area contributed by atoms with Gasteiger partial charge in [-0.15, -0.1) is 0 Å². The van der Waals surface area contributed by atoms with E-state index >= 15 is 0 Å². The highest BCUT2D eigenvalue weighted by Gasteiger charge is 2.32. The van der Waals surface area contributed by atoms with E-state index in [0.717, 1.165) is 6.42 Å². The fourth-order valence-corrected chi connectivity index (χ4v) is 1.20. The van der Waals surface area contributed by atoms with Crippen LogP contribution in [0.4, 0.5) is 0 Å². The van der Waals surface area contributed by atoms with Gasteiger partial charge in [0.1, 0.15) is 0 Å². The molecule has 1 saturated carbocycles. The monoisotopic (exact) mass is 105 g/mol. The molecule has 1 fully saturated rings. The zero-order chi connectivity index (χ0) is 5.56. The van der Waals surface area contributed by atoms with Gasteiger partial charge in [0, 0.05) is 12.0 Å². The molecule has 0 aromatic rings. The first-order chi connectivity index (χ1) is 3.88. The molecule has 1 heteroatoms. The second kappa shape index (κ2) is 1.15. The van der Waals surface area contributed by atoms with Crippen molar-refractivity contribution in [1.82, 2.24) is 0 Å². The van der Waals surface area contributed by atoms with E-state index in [1.54, 1.807) is 0 Å². The summed E-state index contributed by atoms with van der Waals surface area (Å²) >= 11 is 0. The summed E-state index contributed by atoms with van der Waals surface area (Å²) in [5.41, 5.74) is 6.94. The predicted octanol–water partition coefficient (Wildman–Crippen LogP) is 0.277. The lowest BCUT2D eigenvalue weighted by Gasteiger charge is -2.30. The summed E-state index contributed by atoms with van der Waals surface area (Å²) in [7, 11) is 0. The molecule has 0 radical (unpaired) electrons. The van der Waals surface area contributed by atoms with E-state index < -0.39 is 0 Å². The normalized spacial score (nSPS) is 38.9. The molecule has 2 unspecified atom stereocenters. The second-order valence-corrected chi connectivity index (χ2v) is 2.33. The van der Waals surface area contributed by atoms with Gasteiger partial charge in [-0.2, -0.15) is 0 Å². The number of fused-ring (bicyclic) bond motifs is 1. The lowest BCUT2D eigenvalue weighted by molar-refractivity contribution is 0.475. The average Bonchev–Trinajstić information content (AvgIpc) is 2.09. The SMILES string of the molecule is NC1CC2C#CC=C12. The largest absolute Gasteiger partial charge is 0.324 e. The van der Waals surface area contributed by atoms with E-state index in [0.29, 0.717) is 12.0 Å². The van der Waals surface area contributed by atoms with Crippen molar-refractivity contribution in [2.24, 2.45) is 11.7 Å². The lowest BCUT2D eigenvalue weighted by Crippen LogP contribution is -2.37. The Bertz CT molecular complexity index is 204. The van der Waals surface area contributed by atoms with Crippen molar-refractivity contribution in [2.45, 2.75) is 12.5 Å². The Morgan fingerprint density at radius 1 is 1.75 bits per heavy atom. The first-order valence-corrected chi connectivity index (χ1v) is 2.84. The maximum atomic E-state index is 5.62. The maximum Gasteiger partial charge on any atom is 0.0457 e. The fraction of sp³-hybridized carbons (Fsp3) is 0.429. The number of hydrogen-bond acceptors (Lipinski definition) is 1. The van der Waals surface area contributed by atoms with Crippen LogP contribution in [0, 0.1) is 17.8 Å². The van der Waals surface area contributed by atoms with Gasteiger partial charge in [0.15, 0.2) is 0 Å². The van der Waals surface area contributed by atoms with Gasteiger partial charge in [-0.05, 0) is 18.1 Å². The molecule has 2 aliphatic carbocycles. The van der Waals surface area contributed by atoms with Crippen LogP contribution in [-0.2, 0) is 0 Å². The summed E-state index contributed by atoms with van der Waals surface area (Å²) in [5, 5.41) is 0. The molecule has 2 atom stereocenters. The molecule has 1 nitrogen and oxygen atoms in total. The van der Waals surface area contributed by atoms with Crippen molar-refractivity contribution in [3.8, 4) is 11.8 Å². The van der Waals surface area contributed by atoms with Crippen molar-refractivity contribution in [3.63, 3.8) is 0 Å². The summed E-state index contributed by atoms with van der Waals surface area (Å²) in [5.74, 6) is 6.53. The predicted molar refractivity (Wildman–Crippen MR) is 31.9 cm³/mol. The molecule has 2 rings (SSSR count). The summed E-state index contributed by atoms with van der Waals surface area (Å²) in [4.78, 5) is 0. The van der Waals surface area contributed by atoms with Gasteiger partial charge in [0.05, 0.1) is 0 Å². The third-order valence-corrected chi connectivity index (χ3v) is 1.82. The summed E-state index contributed by atoms with van der Waals surface area (Å²) in [6.07, 6.45) is 3.04. The van der Waals surface area contributed by atoms with Crippen LogP contribution < -0.4 is 5.73 Å². The summed E-state index contributed by atoms with van der Waals surface area (Å²) < 4.78 is 0. The minimum absolute atomic E-state index is 0.322. The van der Waals surface area contributed by atoms with Gasteiger partial charge in [-0.1, -0.05) is 11.8 Å². The van der Waals surface area contributed by atoms with Crippen LogP contribution >= 0.6 is 0 Å². The van der Waals surface area contributed by atoms with Crippen LogP contribution in [0.3, 0.4) is 0 Å². The maximum absolute atomic E-state index is 5.62. The summed E-state index contributed by atoms with van der Waals surface area (Å²) in [6.45, 7) is 0. The first kappa shape index (κ1) is 4.17. The minimum Gasteiger partial charge on any atom is -0.324 e. The molecule has 0 spiro atoms. The number of hydrogen-bond donors (Lipinski definition) is 1. The molecule has 0 aliphatic heterocycles. The smallest absolute Gasteiger partial charge is 0.0457 e. The molecule has 40 valence electrons. The van der Waals surface area contributed by atoms with Gasteiger partial charge < -0.3 is 5.73 Å². The number of rotatable bonds is 0. The van der Waals surface area contributed by atoms with Crippen LogP contribution in [0.1, 0.15) is 6.42 Å². The van der Waals surface area contributed by atoms with Crippen LogP contribution in [-0.4, -0.2) is 6.04 Å². The van der Waals surface area contributed by atoms with Gasteiger partial charge in [0.2, 0.25) is 0 Å². The van der Waals surface area contributed by atoms with E-state index in [-0.39, 0.29) is 0 Å². The van der Waals surface area contributed by atoms with Gasteiger partial charge >= 0.3 is 0 Å². The highest BCUT2D eigenvalue weighted by molar-refractivity contribution is 5.44. The van der Waals surface area contributed by atoms with Crippen LogP contribution in [0.25, 0.3) is 0 Å². The molecule has 0 aromatic heterocycles. The molecule has 8 heavy (non-hydrogen) atoms. The molecular formula is C7H7N. The van der Waals surface area contributed by atoms with E-state index in [1.165, 1.54) is 5.57 Å². The third-order valence-electron chi connectivity index (χ3n) is 1.82. The fourth-order valence-electron chi connectivity index (χ4n) is 1.20. The van der Waals surface area contributed by atoms with Gasteiger partial charge in [0.25, 0.3) is 0 Å². The number of nitrogens with two attached hydrogens (primary N) is 1. The van der Waals surface area contributed by atoms with Crippen molar-refractivity contribution in [2.75, 3.05) is 0 Å². The van der Waals surface area contributed by atoms with Gasteiger partial charge in [-0.25, -0.2) is 0 Å². The molecule has 2 N–H and O–H groups in total. The number of allylic oxidation sites excluding steroid dienone is 1. The molecular weight excluding hydrogens is 98.1 g/mol. The van der Waals surface area contributed by atoms with Crippen molar-refractivity contribution >= 4 is 0 Å². The zero-order valence-electron chi connectivity index (χ0n) is 4.52. The Morgan fingerprint density at radius 3 is 3.12 bits per heavy atom. The Labute approximate surface area is 48.6 Å². The van der Waals surface area contributed by atoms with Crippen LogP contribution in [0.5, 0.6) is 0 Å². The zero-order valence-corrected chi connectivity index (χ0v) is 4.52. The first-order valence-electron chi connectivity index (χ1n) is 2.84. The van der Waals surface area contributed by atoms with Crippen molar-refractivity contribution < 1.29 is 0 Å². The quantitative estimate of drug-likeness (QED) is 0.440. The second-order valence-electron chi connectivity index (χ2n) is 2.33. The molecule has 0 heterocycles. The molecule has 0 saturated heterocycles. The molecule has 0 bridgehead atoms. The minimum atomic E-state index is 0.322. The standard InChI is InChI=1S/C7H7N/c8-7-4-5-2-1-3-6(5)7/h3,5,7H,4,8H2. The van der Waals surface area contributed by atoms with Crippen LogP contribution in [0.2, 0.25) is 0 Å². The van der Waals surface area contributed by atoms with E-state index in [4.69, 9.17) is 5.73 Å². The van der Waals surface area contributed by atoms with Gasteiger partial charge in [-0.3, -0.25) is 0 Å². The average molecular weight is 105 g/mol. The van der Waals surface area contributed by atoms with Crippen molar-refractivity contribution in [1.29, 1.82) is 0 Å². The van der Waals surface area contributed by atoms with E-state index in [2.05, 4.69) is 11.8 Å². The topological polar surface area (TPSA) is 26.0 Å². The highest BCUT2D eigenvalue weighted by atomic mass is 14.7. The highest BCUT2D eigenvalue weighted by Crippen LogP contribution is 2.33. The lowest BCUT2D eigenvalue weighted by atomic mass is 9.78. The summed E-state index contributed by atoms with van der Waals surface area (Å²) in [6, 6.07) is 0.322. The van der Waals surface area contributed by atoms with E-state index in [9.17, 15) is 0 Å². The molecule has 0 aromatic carbocycles. The Morgan fingerprint density at radius 2 is 2.62 bits per heavy atom. The van der Waals surface area contributed by atoms with Crippen LogP contribution in [0.15, 0.2) is 11.6 Å².